The van der Waals surface area contributed by atoms with Crippen molar-refractivity contribution in [1.29, 1.82) is 0 Å². The van der Waals surface area contributed by atoms with Crippen LogP contribution in [0.25, 0.3) is 22.4 Å². The molecular formula is C21H18N4O5S. The molecule has 4 aromatic rings. The van der Waals surface area contributed by atoms with Gasteiger partial charge in [-0.25, -0.2) is 9.78 Å². The summed E-state index contributed by atoms with van der Waals surface area (Å²) >= 11 is 1.58. The highest BCUT2D eigenvalue weighted by molar-refractivity contribution is 7.09. The molecule has 0 aliphatic carbocycles. The molecule has 2 aromatic heterocycles. The first-order chi connectivity index (χ1) is 14.9. The Hall–Kier alpha value is -3.79. The molecule has 9 nitrogen and oxygen atoms in total. The van der Waals surface area contributed by atoms with E-state index in [9.17, 15) is 19.7 Å². The Morgan fingerprint density at radius 3 is 2.71 bits per heavy atom. The largest absolute Gasteiger partial charge is 0.419 e. The third kappa shape index (κ3) is 4.53. The van der Waals surface area contributed by atoms with Crippen LogP contribution in [0.3, 0.4) is 0 Å². The van der Waals surface area contributed by atoms with Gasteiger partial charge < -0.3 is 9.73 Å². The molecule has 0 atom stereocenters. The van der Waals surface area contributed by atoms with Crippen molar-refractivity contribution in [3.63, 3.8) is 0 Å². The van der Waals surface area contributed by atoms with Crippen LogP contribution >= 0.6 is 11.3 Å². The predicted molar refractivity (Wildman–Crippen MR) is 117 cm³/mol. The van der Waals surface area contributed by atoms with E-state index in [0.29, 0.717) is 17.6 Å². The molecule has 2 aromatic carbocycles. The van der Waals surface area contributed by atoms with Crippen molar-refractivity contribution in [2.75, 3.05) is 5.32 Å². The molecule has 4 rings (SSSR count). The molecule has 0 fully saturated rings. The number of carbonyl (C=O) groups excluding carboxylic acids is 1. The van der Waals surface area contributed by atoms with E-state index in [1.165, 1.54) is 22.8 Å². The van der Waals surface area contributed by atoms with E-state index in [4.69, 9.17) is 4.42 Å². The van der Waals surface area contributed by atoms with Crippen LogP contribution in [0.2, 0.25) is 0 Å². The van der Waals surface area contributed by atoms with Gasteiger partial charge >= 0.3 is 5.76 Å². The number of carbonyl (C=O) groups is 1. The number of amides is 1. The third-order valence-corrected chi connectivity index (χ3v) is 5.51. The number of non-ortho nitro benzene ring substituents is 1. The molecule has 0 radical (unpaired) electrons. The number of aromatic nitrogens is 2. The van der Waals surface area contributed by atoms with Crippen molar-refractivity contribution < 1.29 is 14.1 Å². The fourth-order valence-corrected chi connectivity index (χ4v) is 3.84. The first kappa shape index (κ1) is 20.5. The maximum atomic E-state index is 12.3. The Bertz CT molecular complexity index is 1320. The Labute approximate surface area is 180 Å². The summed E-state index contributed by atoms with van der Waals surface area (Å²) in [6.07, 6.45) is 0.618. The molecule has 0 saturated carbocycles. The molecule has 1 N–H and O–H groups in total. The smallest absolute Gasteiger partial charge is 0.407 e. The van der Waals surface area contributed by atoms with Gasteiger partial charge in [0, 0.05) is 35.7 Å². The topological polar surface area (TPSA) is 120 Å². The van der Waals surface area contributed by atoms with Gasteiger partial charge in [-0.15, -0.1) is 11.3 Å². The van der Waals surface area contributed by atoms with Crippen LogP contribution in [0.1, 0.15) is 17.8 Å². The number of benzene rings is 2. The number of fused-ring (bicyclic) bond motifs is 1. The Morgan fingerprint density at radius 1 is 1.26 bits per heavy atom. The number of rotatable bonds is 7. The number of nitrogens with one attached hydrogen (secondary N) is 1. The quantitative estimate of drug-likeness (QED) is 0.338. The van der Waals surface area contributed by atoms with Gasteiger partial charge in [0.2, 0.25) is 5.91 Å². The van der Waals surface area contributed by atoms with E-state index in [1.54, 1.807) is 11.3 Å². The van der Waals surface area contributed by atoms with Gasteiger partial charge in [-0.05, 0) is 31.5 Å². The van der Waals surface area contributed by atoms with E-state index < -0.39 is 10.7 Å². The number of hydrogen-bond donors (Lipinski definition) is 1. The molecule has 0 saturated heterocycles. The van der Waals surface area contributed by atoms with Crippen molar-refractivity contribution in [1.82, 2.24) is 9.55 Å². The van der Waals surface area contributed by atoms with Crippen molar-refractivity contribution in [2.45, 2.75) is 26.3 Å². The number of oxazole rings is 1. The van der Waals surface area contributed by atoms with Gasteiger partial charge in [-0.3, -0.25) is 19.5 Å². The summed E-state index contributed by atoms with van der Waals surface area (Å²) in [5.74, 6) is -0.780. The molecule has 0 bridgehead atoms. The number of thiazole rings is 1. The fourth-order valence-electron chi connectivity index (χ4n) is 3.22. The standard InChI is InChI=1S/C21H18N4O5S/c1-13-22-17(12-31-13)14-4-6-15(7-5-14)23-20(26)3-2-10-24-18-9-8-16(25(28)29)11-19(18)30-21(24)27/h4-9,11-12H,2-3,10H2,1H3,(H,23,26). The Balaban J connectivity index is 1.35. The van der Waals surface area contributed by atoms with Crippen molar-refractivity contribution in [2.24, 2.45) is 0 Å². The molecule has 0 spiro atoms. The first-order valence-electron chi connectivity index (χ1n) is 9.51. The lowest BCUT2D eigenvalue weighted by atomic mass is 10.1. The summed E-state index contributed by atoms with van der Waals surface area (Å²) in [6.45, 7) is 2.21. The van der Waals surface area contributed by atoms with E-state index in [0.717, 1.165) is 16.3 Å². The van der Waals surface area contributed by atoms with Crippen molar-refractivity contribution in [3.05, 3.63) is 73.5 Å². The molecule has 0 aliphatic heterocycles. The maximum absolute atomic E-state index is 12.3. The summed E-state index contributed by atoms with van der Waals surface area (Å²) in [4.78, 5) is 39.1. The highest BCUT2D eigenvalue weighted by atomic mass is 32.1. The number of hydrogen-bond acceptors (Lipinski definition) is 7. The normalized spacial score (nSPS) is 11.0. The number of nitrogens with zero attached hydrogens (tertiary/aromatic N) is 3. The lowest BCUT2D eigenvalue weighted by Gasteiger charge is -2.06. The van der Waals surface area contributed by atoms with Crippen LogP contribution in [-0.4, -0.2) is 20.4 Å². The van der Waals surface area contributed by atoms with Crippen LogP contribution in [0.4, 0.5) is 11.4 Å². The lowest BCUT2D eigenvalue weighted by Crippen LogP contribution is -2.17. The van der Waals surface area contributed by atoms with Crippen LogP contribution in [0.15, 0.2) is 57.1 Å². The van der Waals surface area contributed by atoms with Crippen LogP contribution in [0.5, 0.6) is 0 Å². The number of aryl methyl sites for hydroxylation is 2. The zero-order valence-electron chi connectivity index (χ0n) is 16.5. The third-order valence-electron chi connectivity index (χ3n) is 4.73. The minimum absolute atomic E-state index is 0.149. The molecular weight excluding hydrogens is 420 g/mol. The fraction of sp³-hybridized carbons (Fsp3) is 0.190. The average Bonchev–Trinajstić information content (AvgIpc) is 3.31. The van der Waals surface area contributed by atoms with E-state index in [1.807, 2.05) is 36.6 Å². The molecule has 31 heavy (non-hydrogen) atoms. The van der Waals surface area contributed by atoms with Gasteiger partial charge in [0.15, 0.2) is 5.58 Å². The van der Waals surface area contributed by atoms with Crippen molar-refractivity contribution in [3.8, 4) is 11.3 Å². The number of nitro benzene ring substituents is 1. The minimum Gasteiger partial charge on any atom is -0.407 e. The van der Waals surface area contributed by atoms with Crippen LogP contribution in [0, 0.1) is 17.0 Å². The van der Waals surface area contributed by atoms with Gasteiger partial charge in [0.1, 0.15) is 0 Å². The second-order valence-electron chi connectivity index (χ2n) is 6.91. The van der Waals surface area contributed by atoms with Gasteiger partial charge in [0.25, 0.3) is 5.69 Å². The molecule has 0 unspecified atom stereocenters. The van der Waals surface area contributed by atoms with Gasteiger partial charge in [-0.2, -0.15) is 0 Å². The summed E-state index contributed by atoms with van der Waals surface area (Å²) in [7, 11) is 0. The second kappa shape index (κ2) is 8.52. The van der Waals surface area contributed by atoms with E-state index in [-0.39, 0.29) is 30.1 Å². The van der Waals surface area contributed by atoms with Crippen LogP contribution in [-0.2, 0) is 11.3 Å². The summed E-state index contributed by atoms with van der Waals surface area (Å²) in [5, 5.41) is 16.7. The summed E-state index contributed by atoms with van der Waals surface area (Å²) in [6, 6.07) is 11.5. The molecule has 0 aliphatic rings. The summed E-state index contributed by atoms with van der Waals surface area (Å²) < 4.78 is 6.46. The highest BCUT2D eigenvalue weighted by Crippen LogP contribution is 2.23. The average molecular weight is 438 g/mol. The van der Waals surface area contributed by atoms with Gasteiger partial charge in [-0.1, -0.05) is 12.1 Å². The molecule has 10 heteroatoms. The molecule has 1 amide bonds. The van der Waals surface area contributed by atoms with Crippen LogP contribution < -0.4 is 11.1 Å². The second-order valence-corrected chi connectivity index (χ2v) is 7.97. The van der Waals surface area contributed by atoms with Crippen molar-refractivity contribution >= 4 is 39.7 Å². The highest BCUT2D eigenvalue weighted by Gasteiger charge is 2.14. The molecule has 2 heterocycles. The zero-order valence-corrected chi connectivity index (χ0v) is 17.3. The minimum atomic E-state index is -0.608. The summed E-state index contributed by atoms with van der Waals surface area (Å²) in [5.41, 5.74) is 3.03. The SMILES string of the molecule is Cc1nc(-c2ccc(NC(=O)CCCn3c(=O)oc4cc([N+](=O)[O-])ccc43)cc2)cs1. The number of nitro groups is 1. The Kier molecular flexibility index (Phi) is 5.63. The van der Waals surface area contributed by atoms with E-state index >= 15 is 0 Å². The Morgan fingerprint density at radius 2 is 2.03 bits per heavy atom. The lowest BCUT2D eigenvalue weighted by molar-refractivity contribution is -0.384. The zero-order chi connectivity index (χ0) is 22.0. The number of anilines is 1. The van der Waals surface area contributed by atoms with E-state index in [2.05, 4.69) is 10.3 Å². The molecule has 158 valence electrons. The maximum Gasteiger partial charge on any atom is 0.419 e. The predicted octanol–water partition coefficient (Wildman–Crippen LogP) is 4.35. The van der Waals surface area contributed by atoms with Gasteiger partial charge in [0.05, 0.1) is 27.2 Å². The first-order valence-corrected chi connectivity index (χ1v) is 10.4. The monoisotopic (exact) mass is 438 g/mol.